The van der Waals surface area contributed by atoms with E-state index in [2.05, 4.69) is 14.2 Å². The highest BCUT2D eigenvalue weighted by Crippen LogP contribution is 2.36. The van der Waals surface area contributed by atoms with Crippen LogP contribution in [0.25, 0.3) is 0 Å². The molecule has 2 unspecified atom stereocenters. The number of carbonyl (C=O) groups is 3. The second-order valence-corrected chi connectivity index (χ2v) is 6.54. The van der Waals surface area contributed by atoms with Crippen molar-refractivity contribution >= 4 is 17.9 Å². The molecule has 0 fully saturated rings. The summed E-state index contributed by atoms with van der Waals surface area (Å²) in [5.41, 5.74) is -1.51. The molecule has 0 heterocycles. The molecule has 0 aromatic carbocycles. The number of alkyl halides is 9. The number of hydrogen-bond acceptors (Lipinski definition) is 6. The van der Waals surface area contributed by atoms with Crippen molar-refractivity contribution in [2.45, 2.75) is 71.0 Å². The average Bonchev–Trinajstić information content (AvgIpc) is 2.53. The van der Waals surface area contributed by atoms with E-state index in [0.29, 0.717) is 0 Å². The summed E-state index contributed by atoms with van der Waals surface area (Å²) in [6.07, 6.45) is -28.5. The van der Waals surface area contributed by atoms with Gasteiger partial charge < -0.3 is 14.2 Å². The molecule has 0 saturated heterocycles. The molecule has 0 aliphatic carbocycles. The third-order valence-corrected chi connectivity index (χ3v) is 3.67. The standard InChI is InChI=1S/C15H17F9O6/c1-5-12(3,4)11(27)29-7(8(25)28-6(2)13(16,17)18)9(26)30-10(14(19,20)21)15(22,23)24/h6-7,10H,5H2,1-4H3. The zero-order valence-corrected chi connectivity index (χ0v) is 15.8. The lowest BCUT2D eigenvalue weighted by Crippen LogP contribution is -2.50. The smallest absolute Gasteiger partial charge is 0.434 e. The van der Waals surface area contributed by atoms with E-state index in [1.807, 2.05) is 0 Å². The molecule has 0 radical (unpaired) electrons. The van der Waals surface area contributed by atoms with Gasteiger partial charge in [-0.15, -0.1) is 0 Å². The Morgan fingerprint density at radius 1 is 0.733 bits per heavy atom. The van der Waals surface area contributed by atoms with Crippen LogP contribution in [0.1, 0.15) is 34.1 Å². The van der Waals surface area contributed by atoms with Crippen molar-refractivity contribution in [2.24, 2.45) is 5.41 Å². The van der Waals surface area contributed by atoms with Crippen LogP contribution in [0.5, 0.6) is 0 Å². The van der Waals surface area contributed by atoms with Crippen molar-refractivity contribution in [1.29, 1.82) is 0 Å². The maximum atomic E-state index is 12.5. The lowest BCUT2D eigenvalue weighted by Gasteiger charge is -2.27. The third-order valence-electron chi connectivity index (χ3n) is 3.67. The minimum Gasteiger partial charge on any atom is -0.450 e. The number of esters is 3. The van der Waals surface area contributed by atoms with Gasteiger partial charge in [0.2, 0.25) is 0 Å². The lowest BCUT2D eigenvalue weighted by atomic mass is 9.90. The summed E-state index contributed by atoms with van der Waals surface area (Å²) >= 11 is 0. The maximum absolute atomic E-state index is 12.5. The normalized spacial score (nSPS) is 15.4. The highest BCUT2D eigenvalue weighted by atomic mass is 19.4. The van der Waals surface area contributed by atoms with Gasteiger partial charge in [-0.2, -0.15) is 39.5 Å². The van der Waals surface area contributed by atoms with Crippen LogP contribution in [0.3, 0.4) is 0 Å². The minimum atomic E-state index is -6.19. The fourth-order valence-electron chi connectivity index (χ4n) is 1.40. The van der Waals surface area contributed by atoms with Crippen LogP contribution in [0.15, 0.2) is 0 Å². The molecule has 0 aromatic rings. The van der Waals surface area contributed by atoms with E-state index in [0.717, 1.165) is 13.8 Å². The summed E-state index contributed by atoms with van der Waals surface area (Å²) in [5.74, 6) is -6.57. The highest BCUT2D eigenvalue weighted by Gasteiger charge is 2.61. The Hall–Kier alpha value is -2.22. The van der Waals surface area contributed by atoms with Gasteiger partial charge >= 0.3 is 36.4 Å². The zero-order valence-electron chi connectivity index (χ0n) is 15.8. The summed E-state index contributed by atoms with van der Waals surface area (Å²) in [6.45, 7) is 3.97. The molecule has 30 heavy (non-hydrogen) atoms. The quantitative estimate of drug-likeness (QED) is 0.247. The Labute approximate surface area is 163 Å². The zero-order chi connectivity index (χ0) is 24.3. The van der Waals surface area contributed by atoms with Crippen molar-refractivity contribution in [1.82, 2.24) is 0 Å². The fraction of sp³-hybridized carbons (Fsp3) is 0.800. The van der Waals surface area contributed by atoms with E-state index in [1.165, 1.54) is 6.92 Å². The summed E-state index contributed by atoms with van der Waals surface area (Å²) < 4.78 is 124. The van der Waals surface area contributed by atoms with Crippen LogP contribution in [0, 0.1) is 5.41 Å². The number of rotatable bonds is 7. The topological polar surface area (TPSA) is 78.9 Å². The van der Waals surface area contributed by atoms with Crippen molar-refractivity contribution in [3.63, 3.8) is 0 Å². The molecule has 0 aromatic heterocycles. The highest BCUT2D eigenvalue weighted by molar-refractivity contribution is 6.00. The predicted molar refractivity (Wildman–Crippen MR) is 77.6 cm³/mol. The van der Waals surface area contributed by atoms with Crippen LogP contribution in [-0.2, 0) is 28.6 Å². The van der Waals surface area contributed by atoms with Crippen LogP contribution in [-0.4, -0.2) is 54.7 Å². The van der Waals surface area contributed by atoms with Gasteiger partial charge in [0, 0.05) is 0 Å². The van der Waals surface area contributed by atoms with Crippen molar-refractivity contribution in [2.75, 3.05) is 0 Å². The van der Waals surface area contributed by atoms with E-state index in [-0.39, 0.29) is 13.3 Å². The van der Waals surface area contributed by atoms with E-state index in [4.69, 9.17) is 0 Å². The monoisotopic (exact) mass is 464 g/mol. The lowest BCUT2D eigenvalue weighted by molar-refractivity contribution is -0.315. The van der Waals surface area contributed by atoms with Crippen LogP contribution in [0.4, 0.5) is 39.5 Å². The summed E-state index contributed by atoms with van der Waals surface area (Å²) in [7, 11) is 0. The van der Waals surface area contributed by atoms with Gasteiger partial charge in [0.15, 0.2) is 6.10 Å². The van der Waals surface area contributed by atoms with Gasteiger partial charge in [-0.25, -0.2) is 9.59 Å². The van der Waals surface area contributed by atoms with Gasteiger partial charge in [0.25, 0.3) is 12.2 Å². The van der Waals surface area contributed by atoms with Crippen molar-refractivity contribution in [3.05, 3.63) is 0 Å². The number of carbonyl (C=O) groups excluding carboxylic acids is 3. The van der Waals surface area contributed by atoms with E-state index in [1.54, 1.807) is 0 Å². The van der Waals surface area contributed by atoms with Gasteiger partial charge in [-0.1, -0.05) is 6.92 Å². The van der Waals surface area contributed by atoms with Gasteiger partial charge in [0.05, 0.1) is 5.41 Å². The second kappa shape index (κ2) is 9.29. The molecule has 6 nitrogen and oxygen atoms in total. The predicted octanol–water partition coefficient (Wildman–Crippen LogP) is 3.86. The summed E-state index contributed by atoms with van der Waals surface area (Å²) in [5, 5.41) is 0. The molecule has 2 atom stereocenters. The second-order valence-electron chi connectivity index (χ2n) is 6.54. The summed E-state index contributed by atoms with van der Waals surface area (Å²) in [4.78, 5) is 35.6. The molecule has 0 spiro atoms. The molecule has 0 N–H and O–H groups in total. The number of halogens is 9. The Morgan fingerprint density at radius 2 is 1.13 bits per heavy atom. The summed E-state index contributed by atoms with van der Waals surface area (Å²) in [6, 6.07) is 0. The largest absolute Gasteiger partial charge is 0.450 e. The van der Waals surface area contributed by atoms with E-state index < -0.39 is 60.2 Å². The van der Waals surface area contributed by atoms with Gasteiger partial charge in [-0.3, -0.25) is 4.79 Å². The molecule has 0 amide bonds. The van der Waals surface area contributed by atoms with Crippen molar-refractivity contribution in [3.8, 4) is 0 Å². The first-order chi connectivity index (χ1) is 13.1. The Balaban J connectivity index is 5.89. The SMILES string of the molecule is CCC(C)(C)C(=O)OC(C(=O)OC(C)C(F)(F)F)C(=O)OC(C(F)(F)F)C(F)(F)F. The number of hydrogen-bond donors (Lipinski definition) is 0. The molecular weight excluding hydrogens is 447 g/mol. The van der Waals surface area contributed by atoms with E-state index >= 15 is 0 Å². The van der Waals surface area contributed by atoms with Gasteiger partial charge in [-0.05, 0) is 27.2 Å². The first-order valence-electron chi connectivity index (χ1n) is 7.96. The maximum Gasteiger partial charge on any atom is 0.434 e. The van der Waals surface area contributed by atoms with Crippen LogP contribution < -0.4 is 0 Å². The Morgan fingerprint density at radius 3 is 1.47 bits per heavy atom. The minimum absolute atomic E-state index is 0.0463. The van der Waals surface area contributed by atoms with Crippen LogP contribution >= 0.6 is 0 Å². The third kappa shape index (κ3) is 7.89. The van der Waals surface area contributed by atoms with Crippen LogP contribution in [0.2, 0.25) is 0 Å². The molecule has 0 bridgehead atoms. The molecule has 0 rings (SSSR count). The molecule has 0 saturated carbocycles. The Kier molecular flexibility index (Phi) is 8.60. The molecule has 0 aliphatic heterocycles. The molecule has 176 valence electrons. The fourth-order valence-corrected chi connectivity index (χ4v) is 1.40. The molecular formula is C15H17F9O6. The first kappa shape index (κ1) is 27.8. The Bertz CT molecular complexity index is 622. The first-order valence-corrected chi connectivity index (χ1v) is 7.96. The van der Waals surface area contributed by atoms with Crippen molar-refractivity contribution < 1.29 is 68.1 Å². The molecule has 0 aliphatic rings. The molecule has 15 heteroatoms. The number of ether oxygens (including phenoxy) is 3. The van der Waals surface area contributed by atoms with E-state index in [9.17, 15) is 53.9 Å². The average molecular weight is 464 g/mol. The van der Waals surface area contributed by atoms with Gasteiger partial charge in [0.1, 0.15) is 0 Å².